The summed E-state index contributed by atoms with van der Waals surface area (Å²) in [6.07, 6.45) is 2.44. The van der Waals surface area contributed by atoms with Crippen molar-refractivity contribution in [3.05, 3.63) is 29.8 Å². The molecule has 1 aromatic rings. The number of amidine groups is 1. The molecule has 0 spiro atoms. The van der Waals surface area contributed by atoms with Crippen LogP contribution in [0.5, 0.6) is 0 Å². The van der Waals surface area contributed by atoms with Crippen molar-refractivity contribution in [2.45, 2.75) is 33.6 Å². The molecule has 0 aromatic heterocycles. The minimum absolute atomic E-state index is 0.495. The average Bonchev–Trinajstić information content (AvgIpc) is 2.55. The van der Waals surface area contributed by atoms with Crippen molar-refractivity contribution in [2.24, 2.45) is 10.9 Å². The Morgan fingerprint density at radius 1 is 1.12 bits per heavy atom. The number of rotatable bonds is 2. The normalized spacial score (nSPS) is 16.9. The van der Waals surface area contributed by atoms with Gasteiger partial charge in [0.15, 0.2) is 0 Å². The van der Waals surface area contributed by atoms with Crippen LogP contribution >= 0.6 is 0 Å². The lowest BCUT2D eigenvalue weighted by Gasteiger charge is -2.27. The highest BCUT2D eigenvalue weighted by Gasteiger charge is 2.18. The van der Waals surface area contributed by atoms with E-state index in [0.29, 0.717) is 5.92 Å². The molecule has 0 N–H and O–H groups in total. The molecule has 0 saturated heterocycles. The molecule has 1 aliphatic heterocycles. The van der Waals surface area contributed by atoms with Crippen LogP contribution in [0.15, 0.2) is 29.3 Å². The third kappa shape index (κ3) is 2.87. The fourth-order valence-corrected chi connectivity index (χ4v) is 2.26. The number of aliphatic imine (C=N–C) groups is 1. The molecule has 17 heavy (non-hydrogen) atoms. The molecule has 2 heteroatoms. The van der Waals surface area contributed by atoms with Crippen LogP contribution in [0.2, 0.25) is 0 Å². The van der Waals surface area contributed by atoms with Gasteiger partial charge in [0, 0.05) is 24.7 Å². The monoisotopic (exact) mass is 230 g/mol. The van der Waals surface area contributed by atoms with Crippen LogP contribution in [0.3, 0.4) is 0 Å². The predicted octanol–water partition coefficient (Wildman–Crippen LogP) is 3.65. The van der Waals surface area contributed by atoms with E-state index >= 15 is 0 Å². The first kappa shape index (κ1) is 12.2. The molecule has 0 bridgehead atoms. The second-order valence-corrected chi connectivity index (χ2v) is 5.09. The first-order chi connectivity index (χ1) is 8.18. The van der Waals surface area contributed by atoms with Gasteiger partial charge in [0.05, 0.1) is 0 Å². The Kier molecular flexibility index (Phi) is 3.82. The van der Waals surface area contributed by atoms with Gasteiger partial charge in [-0.25, -0.2) is 0 Å². The standard InChI is InChI=1S/C15H22N2/c1-12(2)15-16-10-4-5-11-17(15)14-8-6-13(3)7-9-14/h6-9,12H,4-5,10-11H2,1-3H3. The van der Waals surface area contributed by atoms with E-state index in [1.165, 1.54) is 29.9 Å². The molecule has 0 aliphatic carbocycles. The summed E-state index contributed by atoms with van der Waals surface area (Å²) in [4.78, 5) is 7.13. The summed E-state index contributed by atoms with van der Waals surface area (Å²) in [7, 11) is 0. The molecule has 1 heterocycles. The van der Waals surface area contributed by atoms with Crippen molar-refractivity contribution in [3.8, 4) is 0 Å². The van der Waals surface area contributed by atoms with Gasteiger partial charge in [0.2, 0.25) is 0 Å². The predicted molar refractivity (Wildman–Crippen MR) is 74.9 cm³/mol. The topological polar surface area (TPSA) is 15.6 Å². The van der Waals surface area contributed by atoms with Crippen LogP contribution in [-0.4, -0.2) is 18.9 Å². The number of hydrogen-bond donors (Lipinski definition) is 0. The van der Waals surface area contributed by atoms with Crippen LogP contribution in [0.1, 0.15) is 32.3 Å². The number of anilines is 1. The van der Waals surface area contributed by atoms with Crippen LogP contribution in [-0.2, 0) is 0 Å². The maximum absolute atomic E-state index is 4.75. The maximum Gasteiger partial charge on any atom is 0.106 e. The Balaban J connectivity index is 2.30. The zero-order valence-corrected chi connectivity index (χ0v) is 11.1. The fourth-order valence-electron chi connectivity index (χ4n) is 2.26. The first-order valence-corrected chi connectivity index (χ1v) is 6.57. The number of benzene rings is 1. The average molecular weight is 230 g/mol. The van der Waals surface area contributed by atoms with Crippen molar-refractivity contribution in [2.75, 3.05) is 18.0 Å². The van der Waals surface area contributed by atoms with Gasteiger partial charge < -0.3 is 4.90 Å². The van der Waals surface area contributed by atoms with Crippen LogP contribution < -0.4 is 4.90 Å². The van der Waals surface area contributed by atoms with Gasteiger partial charge >= 0.3 is 0 Å². The molecule has 0 fully saturated rings. The quantitative estimate of drug-likeness (QED) is 0.757. The molecule has 0 unspecified atom stereocenters. The molecule has 1 aliphatic rings. The van der Waals surface area contributed by atoms with E-state index in [1.54, 1.807) is 0 Å². The van der Waals surface area contributed by atoms with E-state index in [4.69, 9.17) is 4.99 Å². The molecule has 1 aromatic carbocycles. The zero-order chi connectivity index (χ0) is 12.3. The fraction of sp³-hybridized carbons (Fsp3) is 0.533. The zero-order valence-electron chi connectivity index (χ0n) is 11.1. The lowest BCUT2D eigenvalue weighted by atomic mass is 10.1. The Labute approximate surface area is 104 Å². The second-order valence-electron chi connectivity index (χ2n) is 5.09. The van der Waals surface area contributed by atoms with Gasteiger partial charge in [-0.1, -0.05) is 31.5 Å². The van der Waals surface area contributed by atoms with Gasteiger partial charge in [-0.3, -0.25) is 4.99 Å². The number of hydrogen-bond acceptors (Lipinski definition) is 2. The van der Waals surface area contributed by atoms with Crippen LogP contribution in [0, 0.1) is 12.8 Å². The molecule has 2 nitrogen and oxygen atoms in total. The summed E-state index contributed by atoms with van der Waals surface area (Å²) in [5, 5.41) is 0. The van der Waals surface area contributed by atoms with Gasteiger partial charge in [-0.15, -0.1) is 0 Å². The van der Waals surface area contributed by atoms with Crippen molar-refractivity contribution in [1.29, 1.82) is 0 Å². The summed E-state index contributed by atoms with van der Waals surface area (Å²) in [6, 6.07) is 8.77. The molecule has 0 radical (unpaired) electrons. The van der Waals surface area contributed by atoms with E-state index in [9.17, 15) is 0 Å². The lowest BCUT2D eigenvalue weighted by Crippen LogP contribution is -2.34. The SMILES string of the molecule is Cc1ccc(N2CCCCN=C2C(C)C)cc1. The number of aryl methyl sites for hydroxylation is 1. The Bertz CT molecular complexity index is 390. The van der Waals surface area contributed by atoms with E-state index in [-0.39, 0.29) is 0 Å². The van der Waals surface area contributed by atoms with Crippen LogP contribution in [0.4, 0.5) is 5.69 Å². The minimum atomic E-state index is 0.495. The molecule has 92 valence electrons. The molecule has 0 atom stereocenters. The van der Waals surface area contributed by atoms with E-state index in [1.807, 2.05) is 0 Å². The van der Waals surface area contributed by atoms with Crippen molar-refractivity contribution in [3.63, 3.8) is 0 Å². The summed E-state index contributed by atoms with van der Waals surface area (Å²) >= 11 is 0. The van der Waals surface area contributed by atoms with Gasteiger partial charge in [0.25, 0.3) is 0 Å². The Morgan fingerprint density at radius 3 is 2.47 bits per heavy atom. The third-order valence-corrected chi connectivity index (χ3v) is 3.20. The maximum atomic E-state index is 4.75. The summed E-state index contributed by atoms with van der Waals surface area (Å²) in [6.45, 7) is 8.66. The summed E-state index contributed by atoms with van der Waals surface area (Å²) in [5.41, 5.74) is 2.59. The second kappa shape index (κ2) is 5.35. The minimum Gasteiger partial charge on any atom is -0.330 e. The van der Waals surface area contributed by atoms with Gasteiger partial charge in [-0.05, 0) is 31.9 Å². The highest BCUT2D eigenvalue weighted by Crippen LogP contribution is 2.21. The Morgan fingerprint density at radius 2 is 1.82 bits per heavy atom. The molecule has 0 saturated carbocycles. The van der Waals surface area contributed by atoms with E-state index in [2.05, 4.69) is 49.9 Å². The molecule has 0 amide bonds. The smallest absolute Gasteiger partial charge is 0.106 e. The Hall–Kier alpha value is -1.31. The molecular formula is C15H22N2. The van der Waals surface area contributed by atoms with Crippen molar-refractivity contribution < 1.29 is 0 Å². The molecule has 2 rings (SSSR count). The van der Waals surface area contributed by atoms with Crippen LogP contribution in [0.25, 0.3) is 0 Å². The van der Waals surface area contributed by atoms with E-state index < -0.39 is 0 Å². The largest absolute Gasteiger partial charge is 0.330 e. The van der Waals surface area contributed by atoms with Crippen molar-refractivity contribution >= 4 is 11.5 Å². The summed E-state index contributed by atoms with van der Waals surface area (Å²) in [5.74, 6) is 1.74. The van der Waals surface area contributed by atoms with Gasteiger partial charge in [0.1, 0.15) is 5.84 Å². The number of nitrogens with zero attached hydrogens (tertiary/aromatic N) is 2. The highest BCUT2D eigenvalue weighted by molar-refractivity contribution is 5.99. The lowest BCUT2D eigenvalue weighted by molar-refractivity contribution is 0.772. The highest BCUT2D eigenvalue weighted by atomic mass is 15.2. The molecular weight excluding hydrogens is 208 g/mol. The van der Waals surface area contributed by atoms with Gasteiger partial charge in [-0.2, -0.15) is 0 Å². The van der Waals surface area contributed by atoms with Crippen molar-refractivity contribution in [1.82, 2.24) is 0 Å². The summed E-state index contributed by atoms with van der Waals surface area (Å²) < 4.78 is 0. The third-order valence-electron chi connectivity index (χ3n) is 3.20. The first-order valence-electron chi connectivity index (χ1n) is 6.57. The van der Waals surface area contributed by atoms with E-state index in [0.717, 1.165) is 13.1 Å².